The average Bonchev–Trinajstić information content (AvgIpc) is 2.54. The van der Waals surface area contributed by atoms with Crippen LogP contribution in [0.5, 0.6) is 11.5 Å². The molecule has 2 nitrogen and oxygen atoms in total. The van der Waals surface area contributed by atoms with Crippen LogP contribution in [0.4, 0.5) is 0 Å². The van der Waals surface area contributed by atoms with E-state index in [9.17, 15) is 5.11 Å². The molecule has 0 aliphatic rings. The zero-order chi connectivity index (χ0) is 16.2. The smallest absolute Gasteiger partial charge is 0.119 e. The highest BCUT2D eigenvalue weighted by molar-refractivity contribution is 5.72. The van der Waals surface area contributed by atoms with Crippen LogP contribution in [0.25, 0.3) is 11.1 Å². The summed E-state index contributed by atoms with van der Waals surface area (Å²) in [6.45, 7) is 4.60. The largest absolute Gasteiger partial charge is 0.508 e. The second-order valence-corrected chi connectivity index (χ2v) is 5.75. The number of ether oxygens (including phenoxy) is 1. The van der Waals surface area contributed by atoms with Gasteiger partial charge in [-0.15, -0.1) is 0 Å². The topological polar surface area (TPSA) is 29.5 Å². The van der Waals surface area contributed by atoms with E-state index in [1.54, 1.807) is 12.1 Å². The van der Waals surface area contributed by atoms with Gasteiger partial charge in [0, 0.05) is 0 Å². The summed E-state index contributed by atoms with van der Waals surface area (Å²) in [4.78, 5) is 0. The van der Waals surface area contributed by atoms with E-state index in [4.69, 9.17) is 4.74 Å². The number of rotatable bonds is 4. The number of aromatic hydroxyl groups is 1. The van der Waals surface area contributed by atoms with Gasteiger partial charge < -0.3 is 9.84 Å². The minimum Gasteiger partial charge on any atom is -0.508 e. The van der Waals surface area contributed by atoms with E-state index in [0.717, 1.165) is 33.6 Å². The van der Waals surface area contributed by atoms with E-state index in [0.29, 0.717) is 12.4 Å². The summed E-state index contributed by atoms with van der Waals surface area (Å²) in [6.07, 6.45) is 0. The quantitative estimate of drug-likeness (QED) is 0.713. The van der Waals surface area contributed by atoms with Crippen LogP contribution in [0.1, 0.15) is 16.7 Å². The maximum absolute atomic E-state index is 9.67. The molecule has 0 atom stereocenters. The predicted octanol–water partition coefficient (Wildman–Crippen LogP) is 5.26. The van der Waals surface area contributed by atoms with Gasteiger partial charge in [0.2, 0.25) is 0 Å². The molecular formula is C21H20O2. The van der Waals surface area contributed by atoms with Crippen LogP contribution in [-0.2, 0) is 6.61 Å². The number of benzene rings is 3. The number of phenolic OH excluding ortho intramolecular Hbond substituents is 1. The van der Waals surface area contributed by atoms with Crippen molar-refractivity contribution in [1.29, 1.82) is 0 Å². The molecule has 0 saturated carbocycles. The number of hydrogen-bond donors (Lipinski definition) is 1. The minimum absolute atomic E-state index is 0.312. The van der Waals surface area contributed by atoms with Crippen LogP contribution in [0.2, 0.25) is 0 Å². The lowest BCUT2D eigenvalue weighted by atomic mass is 9.95. The Hall–Kier alpha value is -2.74. The molecular weight excluding hydrogens is 284 g/mol. The van der Waals surface area contributed by atoms with Crippen molar-refractivity contribution in [1.82, 2.24) is 0 Å². The third-order valence-electron chi connectivity index (χ3n) is 3.91. The summed E-state index contributed by atoms with van der Waals surface area (Å²) in [5, 5.41) is 9.67. The number of phenols is 1. The van der Waals surface area contributed by atoms with E-state index in [2.05, 4.69) is 24.3 Å². The first-order chi connectivity index (χ1) is 11.1. The van der Waals surface area contributed by atoms with Gasteiger partial charge in [-0.1, -0.05) is 42.5 Å². The molecule has 0 aliphatic heterocycles. The molecule has 0 fully saturated rings. The van der Waals surface area contributed by atoms with Crippen LogP contribution in [0.3, 0.4) is 0 Å². The molecule has 2 heteroatoms. The van der Waals surface area contributed by atoms with E-state index < -0.39 is 0 Å². The van der Waals surface area contributed by atoms with Crippen LogP contribution in [-0.4, -0.2) is 5.11 Å². The van der Waals surface area contributed by atoms with Crippen molar-refractivity contribution >= 4 is 0 Å². The Bertz CT molecular complexity index is 767. The van der Waals surface area contributed by atoms with E-state index in [1.807, 2.05) is 44.2 Å². The molecule has 23 heavy (non-hydrogen) atoms. The third-order valence-corrected chi connectivity index (χ3v) is 3.91. The standard InChI is InChI=1S/C21H20O2/c1-15-12-19(22)13-16(2)21(15)18-8-10-20(11-9-18)23-14-17-6-4-3-5-7-17/h3-13,22H,14H2,1-2H3. The van der Waals surface area contributed by atoms with Crippen molar-refractivity contribution in [3.8, 4) is 22.6 Å². The molecule has 0 bridgehead atoms. The summed E-state index contributed by atoms with van der Waals surface area (Å²) in [5.74, 6) is 1.17. The maximum Gasteiger partial charge on any atom is 0.119 e. The molecule has 0 aromatic heterocycles. The normalized spacial score (nSPS) is 10.5. The monoisotopic (exact) mass is 304 g/mol. The van der Waals surface area contributed by atoms with Gasteiger partial charge in [0.15, 0.2) is 0 Å². The molecule has 0 amide bonds. The Balaban J connectivity index is 1.77. The van der Waals surface area contributed by atoms with Gasteiger partial charge in [-0.2, -0.15) is 0 Å². The van der Waals surface area contributed by atoms with Crippen LogP contribution in [0, 0.1) is 13.8 Å². The number of hydrogen-bond acceptors (Lipinski definition) is 2. The second-order valence-electron chi connectivity index (χ2n) is 5.75. The molecule has 116 valence electrons. The summed E-state index contributed by atoms with van der Waals surface area (Å²) in [6, 6.07) is 21.8. The summed E-state index contributed by atoms with van der Waals surface area (Å²) < 4.78 is 5.82. The molecule has 0 radical (unpaired) electrons. The highest BCUT2D eigenvalue weighted by Gasteiger charge is 2.07. The van der Waals surface area contributed by atoms with Crippen molar-refractivity contribution in [2.24, 2.45) is 0 Å². The van der Waals surface area contributed by atoms with Gasteiger partial charge in [-0.25, -0.2) is 0 Å². The molecule has 0 spiro atoms. The van der Waals surface area contributed by atoms with Crippen LogP contribution < -0.4 is 4.74 Å². The van der Waals surface area contributed by atoms with Crippen LogP contribution >= 0.6 is 0 Å². The van der Waals surface area contributed by atoms with Gasteiger partial charge >= 0.3 is 0 Å². The zero-order valence-electron chi connectivity index (χ0n) is 13.4. The lowest BCUT2D eigenvalue weighted by Crippen LogP contribution is -1.95. The Kier molecular flexibility index (Phi) is 4.33. The van der Waals surface area contributed by atoms with Crippen LogP contribution in [0.15, 0.2) is 66.7 Å². The average molecular weight is 304 g/mol. The Morgan fingerprint density at radius 1 is 0.826 bits per heavy atom. The van der Waals surface area contributed by atoms with Crippen molar-refractivity contribution < 1.29 is 9.84 Å². The molecule has 3 aromatic carbocycles. The molecule has 3 aromatic rings. The highest BCUT2D eigenvalue weighted by atomic mass is 16.5. The third kappa shape index (κ3) is 3.54. The molecule has 0 aliphatic carbocycles. The minimum atomic E-state index is 0.312. The van der Waals surface area contributed by atoms with Crippen molar-refractivity contribution in [3.05, 3.63) is 83.4 Å². The number of aryl methyl sites for hydroxylation is 2. The first-order valence-electron chi connectivity index (χ1n) is 7.71. The second kappa shape index (κ2) is 6.57. The summed E-state index contributed by atoms with van der Waals surface area (Å²) in [7, 11) is 0. The molecule has 3 rings (SSSR count). The first kappa shape index (κ1) is 15.2. The van der Waals surface area contributed by atoms with Gasteiger partial charge in [0.25, 0.3) is 0 Å². The van der Waals surface area contributed by atoms with Gasteiger partial charge in [-0.05, 0) is 65.9 Å². The molecule has 0 unspecified atom stereocenters. The Morgan fingerprint density at radius 3 is 2.04 bits per heavy atom. The van der Waals surface area contributed by atoms with Crippen molar-refractivity contribution in [2.75, 3.05) is 0 Å². The first-order valence-corrected chi connectivity index (χ1v) is 7.71. The molecule has 0 heterocycles. The fraction of sp³-hybridized carbons (Fsp3) is 0.143. The Labute approximate surface area is 137 Å². The van der Waals surface area contributed by atoms with E-state index >= 15 is 0 Å². The fourth-order valence-corrected chi connectivity index (χ4v) is 2.85. The zero-order valence-corrected chi connectivity index (χ0v) is 13.4. The summed E-state index contributed by atoms with van der Waals surface area (Å²) in [5.41, 5.74) is 5.59. The van der Waals surface area contributed by atoms with E-state index in [-0.39, 0.29) is 0 Å². The van der Waals surface area contributed by atoms with Crippen molar-refractivity contribution in [3.63, 3.8) is 0 Å². The lowest BCUT2D eigenvalue weighted by molar-refractivity contribution is 0.306. The molecule has 1 N–H and O–H groups in total. The van der Waals surface area contributed by atoms with Gasteiger partial charge in [0.05, 0.1) is 0 Å². The van der Waals surface area contributed by atoms with Gasteiger partial charge in [0.1, 0.15) is 18.1 Å². The van der Waals surface area contributed by atoms with E-state index in [1.165, 1.54) is 0 Å². The maximum atomic E-state index is 9.67. The SMILES string of the molecule is Cc1cc(O)cc(C)c1-c1ccc(OCc2ccccc2)cc1. The molecule has 0 saturated heterocycles. The van der Waals surface area contributed by atoms with Crippen molar-refractivity contribution in [2.45, 2.75) is 20.5 Å². The van der Waals surface area contributed by atoms with Gasteiger partial charge in [-0.3, -0.25) is 0 Å². The predicted molar refractivity (Wildman–Crippen MR) is 93.8 cm³/mol. The fourth-order valence-electron chi connectivity index (χ4n) is 2.85. The lowest BCUT2D eigenvalue weighted by Gasteiger charge is -2.12. The summed E-state index contributed by atoms with van der Waals surface area (Å²) >= 11 is 0. The highest BCUT2D eigenvalue weighted by Crippen LogP contribution is 2.31. The Morgan fingerprint density at radius 2 is 1.43 bits per heavy atom.